The van der Waals surface area contributed by atoms with Crippen molar-refractivity contribution >= 4 is 11.8 Å². The summed E-state index contributed by atoms with van der Waals surface area (Å²) >= 11 is 0. The highest BCUT2D eigenvalue weighted by molar-refractivity contribution is 5.97. The smallest absolute Gasteiger partial charge is 0.254 e. The van der Waals surface area contributed by atoms with Crippen molar-refractivity contribution in [3.05, 3.63) is 53.6 Å². The molecule has 2 heterocycles. The van der Waals surface area contributed by atoms with Crippen LogP contribution in [0.3, 0.4) is 0 Å². The summed E-state index contributed by atoms with van der Waals surface area (Å²) in [5, 5.41) is 12.5. The van der Waals surface area contributed by atoms with Gasteiger partial charge in [0.05, 0.1) is 39.0 Å². The van der Waals surface area contributed by atoms with Crippen molar-refractivity contribution in [2.75, 3.05) is 46.4 Å². The molecule has 9 nitrogen and oxygen atoms in total. The summed E-state index contributed by atoms with van der Waals surface area (Å²) in [5.41, 5.74) is 1.35. The molecule has 0 aromatic heterocycles. The number of hydrogen-bond donors (Lipinski definition) is 2. The van der Waals surface area contributed by atoms with Crippen molar-refractivity contribution in [3.63, 3.8) is 0 Å². The molecule has 2 aliphatic heterocycles. The first-order valence-corrected chi connectivity index (χ1v) is 12.5. The molecule has 0 aliphatic carbocycles. The molecule has 2 atom stereocenters. The maximum atomic E-state index is 13.4. The Kier molecular flexibility index (Phi) is 8.79. The number of ether oxygens (including phenoxy) is 3. The lowest BCUT2D eigenvalue weighted by Gasteiger charge is -2.38. The van der Waals surface area contributed by atoms with E-state index >= 15 is 0 Å². The number of aliphatic hydroxyl groups excluding tert-OH is 1. The van der Waals surface area contributed by atoms with Gasteiger partial charge in [-0.1, -0.05) is 19.1 Å². The molecule has 2 amide bonds. The molecule has 0 saturated carbocycles. The summed E-state index contributed by atoms with van der Waals surface area (Å²) in [7, 11) is 1.55. The summed E-state index contributed by atoms with van der Waals surface area (Å²) < 4.78 is 17.9. The van der Waals surface area contributed by atoms with Gasteiger partial charge in [-0.25, -0.2) is 0 Å². The van der Waals surface area contributed by atoms with E-state index in [0.717, 1.165) is 18.5 Å². The van der Waals surface area contributed by atoms with E-state index in [1.54, 1.807) is 30.2 Å². The fourth-order valence-corrected chi connectivity index (χ4v) is 4.71. The van der Waals surface area contributed by atoms with Crippen LogP contribution in [0.2, 0.25) is 0 Å². The van der Waals surface area contributed by atoms with Crippen LogP contribution in [0.5, 0.6) is 17.2 Å². The van der Waals surface area contributed by atoms with Crippen LogP contribution < -0.4 is 14.8 Å². The average molecular weight is 498 g/mol. The number of carbonyl (C=O) groups is 2. The molecule has 0 radical (unpaired) electrons. The van der Waals surface area contributed by atoms with Gasteiger partial charge in [0, 0.05) is 31.7 Å². The topological polar surface area (TPSA) is 101 Å². The molecule has 1 saturated heterocycles. The van der Waals surface area contributed by atoms with Gasteiger partial charge < -0.3 is 29.5 Å². The second-order valence-electron chi connectivity index (χ2n) is 9.18. The van der Waals surface area contributed by atoms with Gasteiger partial charge in [-0.3, -0.25) is 14.5 Å². The van der Waals surface area contributed by atoms with E-state index in [1.165, 1.54) is 0 Å². The fraction of sp³-hybridized carbons (Fsp3) is 0.481. The van der Waals surface area contributed by atoms with Crippen LogP contribution in [0.1, 0.15) is 35.7 Å². The van der Waals surface area contributed by atoms with E-state index in [2.05, 4.69) is 10.2 Å². The molecule has 2 aromatic rings. The zero-order valence-corrected chi connectivity index (χ0v) is 20.9. The first kappa shape index (κ1) is 25.9. The molecule has 0 spiro atoms. The summed E-state index contributed by atoms with van der Waals surface area (Å²) in [6.45, 7) is 4.70. The van der Waals surface area contributed by atoms with E-state index in [4.69, 9.17) is 14.2 Å². The monoisotopic (exact) mass is 497 g/mol. The number of nitrogens with zero attached hydrogens (tertiary/aromatic N) is 2. The summed E-state index contributed by atoms with van der Waals surface area (Å²) in [4.78, 5) is 30.2. The van der Waals surface area contributed by atoms with Gasteiger partial charge in [0.25, 0.3) is 5.91 Å². The molecule has 1 fully saturated rings. The van der Waals surface area contributed by atoms with E-state index < -0.39 is 0 Å². The third-order valence-corrected chi connectivity index (χ3v) is 6.52. The quantitative estimate of drug-likeness (QED) is 0.654. The van der Waals surface area contributed by atoms with Crippen molar-refractivity contribution in [1.82, 2.24) is 15.1 Å². The van der Waals surface area contributed by atoms with Crippen molar-refractivity contribution < 1.29 is 28.9 Å². The molecule has 0 unspecified atom stereocenters. The van der Waals surface area contributed by atoms with Gasteiger partial charge in [-0.15, -0.1) is 0 Å². The number of likely N-dealkylation sites (tertiary alicyclic amines) is 1. The Labute approximate surface area is 211 Å². The molecule has 2 aromatic carbocycles. The maximum Gasteiger partial charge on any atom is 0.254 e. The minimum absolute atomic E-state index is 0.0441. The minimum Gasteiger partial charge on any atom is -0.493 e. The lowest BCUT2D eigenvalue weighted by Crippen LogP contribution is -2.56. The van der Waals surface area contributed by atoms with Gasteiger partial charge in [0.1, 0.15) is 5.75 Å². The highest BCUT2D eigenvalue weighted by Gasteiger charge is 2.32. The number of β-amino-alcohol motifs (C(OH)–C–C–N with tert-alkyl or cyclic N) is 1. The standard InChI is InChI=1S/C27H35N3O6/c1-3-10-30-17-26(32)28-22-9-11-29(12-13-31)16-25(22)35-18-19-5-4-6-21(14-19)36-24-15-20(27(30)33)7-8-23(24)34-2/h4-8,14-15,22,25,31H,3,9-13,16-18H2,1-2H3,(H,28,32)/t22-,25-/m0/s1. The predicted molar refractivity (Wildman–Crippen MR) is 134 cm³/mol. The van der Waals surface area contributed by atoms with E-state index in [0.29, 0.717) is 55.5 Å². The SMILES string of the molecule is CCCN1CC(=O)N[C@H]2CCN(CCO)C[C@@H]2OCc2cccc(c2)Oc2cc(ccc2OC)C1=O. The Balaban J connectivity index is 1.68. The first-order chi connectivity index (χ1) is 17.5. The van der Waals surface area contributed by atoms with Crippen molar-refractivity contribution in [2.45, 2.75) is 38.5 Å². The van der Waals surface area contributed by atoms with Crippen LogP contribution in [0, 0.1) is 0 Å². The fourth-order valence-electron chi connectivity index (χ4n) is 4.71. The molecule has 2 N–H and O–H groups in total. The maximum absolute atomic E-state index is 13.4. The Hall–Kier alpha value is -3.14. The Morgan fingerprint density at radius 2 is 2.03 bits per heavy atom. The molecular weight excluding hydrogens is 462 g/mol. The lowest BCUT2D eigenvalue weighted by molar-refractivity contribution is -0.125. The van der Waals surface area contributed by atoms with Gasteiger partial charge in [-0.2, -0.15) is 0 Å². The van der Waals surface area contributed by atoms with Crippen LogP contribution in [0.15, 0.2) is 42.5 Å². The number of carbonyl (C=O) groups excluding carboxylic acids is 2. The Bertz CT molecular complexity index is 1060. The number of rotatable bonds is 5. The highest BCUT2D eigenvalue weighted by atomic mass is 16.5. The van der Waals surface area contributed by atoms with Crippen LogP contribution >= 0.6 is 0 Å². The third kappa shape index (κ3) is 6.34. The summed E-state index contributed by atoms with van der Waals surface area (Å²) in [6, 6.07) is 12.4. The number of benzene rings is 2. The Morgan fingerprint density at radius 1 is 1.17 bits per heavy atom. The molecule has 2 aliphatic rings. The number of amides is 2. The molecule has 4 bridgehead atoms. The number of aliphatic hydroxyl groups is 1. The summed E-state index contributed by atoms with van der Waals surface area (Å²) in [6.07, 6.45) is 1.16. The van der Waals surface area contributed by atoms with E-state index in [9.17, 15) is 14.7 Å². The zero-order valence-electron chi connectivity index (χ0n) is 20.9. The summed E-state index contributed by atoms with van der Waals surface area (Å²) in [5.74, 6) is 1.06. The second-order valence-corrected chi connectivity index (χ2v) is 9.18. The normalized spacial score (nSPS) is 21.4. The van der Waals surface area contributed by atoms with Crippen LogP contribution in [0.25, 0.3) is 0 Å². The molecule has 4 rings (SSSR count). The van der Waals surface area contributed by atoms with Gasteiger partial charge in [-0.05, 0) is 48.7 Å². The van der Waals surface area contributed by atoms with E-state index in [1.807, 2.05) is 31.2 Å². The number of nitrogens with one attached hydrogen (secondary N) is 1. The van der Waals surface area contributed by atoms with Crippen LogP contribution in [0.4, 0.5) is 0 Å². The van der Waals surface area contributed by atoms with E-state index in [-0.39, 0.29) is 37.1 Å². The highest BCUT2D eigenvalue weighted by Crippen LogP contribution is 2.33. The third-order valence-electron chi connectivity index (χ3n) is 6.52. The van der Waals surface area contributed by atoms with Gasteiger partial charge in [0.15, 0.2) is 11.5 Å². The first-order valence-electron chi connectivity index (χ1n) is 12.5. The Morgan fingerprint density at radius 3 is 2.81 bits per heavy atom. The van der Waals surface area contributed by atoms with Crippen molar-refractivity contribution in [2.24, 2.45) is 0 Å². The van der Waals surface area contributed by atoms with Crippen LogP contribution in [-0.2, 0) is 16.1 Å². The van der Waals surface area contributed by atoms with Gasteiger partial charge >= 0.3 is 0 Å². The van der Waals surface area contributed by atoms with Crippen molar-refractivity contribution in [1.29, 1.82) is 0 Å². The number of piperidine rings is 1. The predicted octanol–water partition coefficient (Wildman–Crippen LogP) is 2.42. The van der Waals surface area contributed by atoms with Crippen molar-refractivity contribution in [3.8, 4) is 17.2 Å². The number of methoxy groups -OCH3 is 1. The largest absolute Gasteiger partial charge is 0.493 e. The second kappa shape index (κ2) is 12.2. The number of hydrogen-bond acceptors (Lipinski definition) is 7. The lowest BCUT2D eigenvalue weighted by atomic mass is 10.0. The number of fused-ring (bicyclic) bond motifs is 5. The molecule has 194 valence electrons. The average Bonchev–Trinajstić information content (AvgIpc) is 2.88. The van der Waals surface area contributed by atoms with Gasteiger partial charge in [0.2, 0.25) is 5.91 Å². The molecular formula is C27H35N3O6. The minimum atomic E-state index is -0.255. The molecule has 9 heteroatoms. The molecule has 36 heavy (non-hydrogen) atoms. The zero-order chi connectivity index (χ0) is 25.5. The van der Waals surface area contributed by atoms with Crippen LogP contribution in [-0.4, -0.2) is 85.3 Å².